The van der Waals surface area contributed by atoms with E-state index in [1.165, 1.54) is 5.69 Å². The highest BCUT2D eigenvalue weighted by Crippen LogP contribution is 2.27. The first-order valence-electron chi connectivity index (χ1n) is 12.5. The van der Waals surface area contributed by atoms with Crippen molar-refractivity contribution >= 4 is 40.6 Å². The van der Waals surface area contributed by atoms with Gasteiger partial charge >= 0.3 is 0 Å². The number of piperidine rings is 1. The topological polar surface area (TPSA) is 57.2 Å². The lowest BCUT2D eigenvalue weighted by Crippen LogP contribution is -2.48. The molecule has 36 heavy (non-hydrogen) atoms. The zero-order chi connectivity index (χ0) is 25.1. The molecule has 0 bridgehead atoms. The van der Waals surface area contributed by atoms with Crippen LogP contribution in [-0.4, -0.2) is 47.9 Å². The lowest BCUT2D eigenvalue weighted by Gasteiger charge is -2.33. The molecule has 0 spiro atoms. The lowest BCUT2D eigenvalue weighted by molar-refractivity contribution is -0.124. The monoisotopic (exact) mass is 524 g/mol. The van der Waals surface area contributed by atoms with Crippen LogP contribution in [0.25, 0.3) is 0 Å². The van der Waals surface area contributed by atoms with Crippen LogP contribution in [0.2, 0.25) is 5.02 Å². The van der Waals surface area contributed by atoms with E-state index < -0.39 is 0 Å². The standard InChI is InChI=1S/C28H30Cl2N4O2/c1-2-25-27(34-16-11-21(30)17-26(34)32-25)28(35)31-18-19-3-7-22(8-4-19)33-14-12-24(13-15-33)36-23-9-5-20(29)6-10-23/h3-11,16-17,24-25,27H,2,12-15,18H2,1H3,(H,31,35). The van der Waals surface area contributed by atoms with Gasteiger partial charge in [-0.1, -0.05) is 42.3 Å². The van der Waals surface area contributed by atoms with E-state index >= 15 is 0 Å². The minimum atomic E-state index is -0.349. The second-order valence-electron chi connectivity index (χ2n) is 9.30. The third-order valence-corrected chi connectivity index (χ3v) is 7.39. The van der Waals surface area contributed by atoms with Gasteiger partial charge < -0.3 is 19.9 Å². The molecule has 2 atom stereocenters. The Morgan fingerprint density at radius 3 is 2.50 bits per heavy atom. The summed E-state index contributed by atoms with van der Waals surface area (Å²) in [7, 11) is 0. The van der Waals surface area contributed by atoms with Crippen LogP contribution in [0.3, 0.4) is 0 Å². The van der Waals surface area contributed by atoms with Crippen LogP contribution >= 0.6 is 23.2 Å². The largest absolute Gasteiger partial charge is 0.490 e. The molecule has 3 heterocycles. The summed E-state index contributed by atoms with van der Waals surface area (Å²) in [6, 6.07) is 15.6. The summed E-state index contributed by atoms with van der Waals surface area (Å²) in [5, 5.41) is 4.44. The van der Waals surface area contributed by atoms with Crippen molar-refractivity contribution < 1.29 is 9.53 Å². The summed E-state index contributed by atoms with van der Waals surface area (Å²) < 4.78 is 6.11. The molecular weight excluding hydrogens is 495 g/mol. The predicted molar refractivity (Wildman–Crippen MR) is 146 cm³/mol. The minimum Gasteiger partial charge on any atom is -0.490 e. The highest BCUT2D eigenvalue weighted by Gasteiger charge is 2.39. The molecular formula is C28H30Cl2N4O2. The number of ether oxygens (including phenoxy) is 1. The number of hydrogen-bond donors (Lipinski definition) is 1. The predicted octanol–water partition coefficient (Wildman–Crippen LogP) is 5.52. The summed E-state index contributed by atoms with van der Waals surface area (Å²) in [5.74, 6) is 1.59. The van der Waals surface area contributed by atoms with Crippen molar-refractivity contribution in [1.82, 2.24) is 10.2 Å². The fraction of sp³-hybridized carbons (Fsp3) is 0.357. The molecule has 0 aliphatic carbocycles. The highest BCUT2D eigenvalue weighted by molar-refractivity contribution is 6.33. The number of benzene rings is 2. The van der Waals surface area contributed by atoms with Gasteiger partial charge in [-0.2, -0.15) is 0 Å². The smallest absolute Gasteiger partial charge is 0.245 e. The van der Waals surface area contributed by atoms with Crippen molar-refractivity contribution in [2.45, 2.75) is 50.9 Å². The van der Waals surface area contributed by atoms with E-state index in [9.17, 15) is 4.79 Å². The molecule has 8 heteroatoms. The zero-order valence-corrected chi connectivity index (χ0v) is 21.8. The number of carbonyl (C=O) groups excluding carboxylic acids is 1. The molecule has 6 nitrogen and oxygen atoms in total. The third-order valence-electron chi connectivity index (χ3n) is 6.90. The van der Waals surface area contributed by atoms with Gasteiger partial charge in [0.05, 0.1) is 6.04 Å². The van der Waals surface area contributed by atoms with Gasteiger partial charge in [-0.25, -0.2) is 0 Å². The van der Waals surface area contributed by atoms with Crippen LogP contribution in [0.15, 0.2) is 76.9 Å². The number of carbonyl (C=O) groups is 1. The first kappa shape index (κ1) is 24.7. The number of nitrogens with zero attached hydrogens (tertiary/aromatic N) is 3. The molecule has 0 radical (unpaired) electrons. The molecule has 1 amide bonds. The number of fused-ring (bicyclic) bond motifs is 1. The van der Waals surface area contributed by atoms with Gasteiger partial charge in [-0.3, -0.25) is 9.79 Å². The number of allylic oxidation sites excluding steroid dienone is 2. The van der Waals surface area contributed by atoms with E-state index in [2.05, 4.69) is 39.5 Å². The first-order valence-corrected chi connectivity index (χ1v) is 13.2. The van der Waals surface area contributed by atoms with Crippen molar-refractivity contribution in [3.8, 4) is 5.75 Å². The van der Waals surface area contributed by atoms with Crippen molar-refractivity contribution in [3.05, 3.63) is 82.5 Å². The van der Waals surface area contributed by atoms with Gasteiger partial charge in [-0.15, -0.1) is 0 Å². The Balaban J connectivity index is 1.11. The van der Waals surface area contributed by atoms with Gasteiger partial charge in [0.1, 0.15) is 23.7 Å². The Bertz CT molecular complexity index is 1170. The molecule has 5 rings (SSSR count). The number of nitrogens with one attached hydrogen (secondary N) is 1. The zero-order valence-electron chi connectivity index (χ0n) is 20.2. The van der Waals surface area contributed by atoms with Crippen LogP contribution in [0, 0.1) is 0 Å². The highest BCUT2D eigenvalue weighted by atomic mass is 35.5. The number of aliphatic imine (C=N–C) groups is 1. The van der Waals surface area contributed by atoms with E-state index in [1.807, 2.05) is 48.4 Å². The number of amidine groups is 1. The van der Waals surface area contributed by atoms with Crippen LogP contribution in [-0.2, 0) is 11.3 Å². The average Bonchev–Trinajstić information content (AvgIpc) is 3.27. The fourth-order valence-corrected chi connectivity index (χ4v) is 5.19. The quantitative estimate of drug-likeness (QED) is 0.518. The molecule has 0 aromatic heterocycles. The number of amides is 1. The Morgan fingerprint density at radius 1 is 1.08 bits per heavy atom. The van der Waals surface area contributed by atoms with Crippen LogP contribution in [0.4, 0.5) is 5.69 Å². The van der Waals surface area contributed by atoms with Crippen LogP contribution in [0.1, 0.15) is 31.7 Å². The number of anilines is 1. The number of halogens is 2. The van der Waals surface area contributed by atoms with Gasteiger partial charge in [0.2, 0.25) is 5.91 Å². The molecule has 0 saturated carbocycles. The first-order chi connectivity index (χ1) is 17.5. The maximum atomic E-state index is 13.1. The van der Waals surface area contributed by atoms with Gasteiger partial charge in [0, 0.05) is 54.4 Å². The van der Waals surface area contributed by atoms with E-state index in [0.717, 1.165) is 49.5 Å². The molecule has 1 saturated heterocycles. The lowest BCUT2D eigenvalue weighted by atomic mass is 10.0. The van der Waals surface area contributed by atoms with Crippen molar-refractivity contribution in [1.29, 1.82) is 0 Å². The Kier molecular flexibility index (Phi) is 7.54. The van der Waals surface area contributed by atoms with Crippen LogP contribution < -0.4 is 15.0 Å². The van der Waals surface area contributed by atoms with E-state index in [1.54, 1.807) is 6.08 Å². The average molecular weight is 525 g/mol. The molecule has 1 N–H and O–H groups in total. The Morgan fingerprint density at radius 2 is 1.81 bits per heavy atom. The van der Waals surface area contributed by atoms with E-state index in [-0.39, 0.29) is 24.1 Å². The SMILES string of the molecule is CCC1N=C2C=C(Cl)C=CN2C1C(=O)NCc1ccc(N2CCC(Oc3ccc(Cl)cc3)CC2)cc1. The maximum Gasteiger partial charge on any atom is 0.245 e. The van der Waals surface area contributed by atoms with Gasteiger partial charge in [0.25, 0.3) is 0 Å². The summed E-state index contributed by atoms with van der Waals surface area (Å²) in [6.45, 7) is 4.41. The second-order valence-corrected chi connectivity index (χ2v) is 10.2. The molecule has 3 aliphatic heterocycles. The summed E-state index contributed by atoms with van der Waals surface area (Å²) >= 11 is 12.1. The van der Waals surface area contributed by atoms with Crippen molar-refractivity contribution in [3.63, 3.8) is 0 Å². The van der Waals surface area contributed by atoms with Gasteiger partial charge in [-0.05, 0) is 60.5 Å². The van der Waals surface area contributed by atoms with Crippen molar-refractivity contribution in [2.24, 2.45) is 4.99 Å². The van der Waals surface area contributed by atoms with E-state index in [4.69, 9.17) is 27.9 Å². The summed E-state index contributed by atoms with van der Waals surface area (Å²) in [4.78, 5) is 22.1. The molecule has 3 aliphatic rings. The second kappa shape index (κ2) is 11.0. The minimum absolute atomic E-state index is 0.0245. The number of hydrogen-bond acceptors (Lipinski definition) is 5. The summed E-state index contributed by atoms with van der Waals surface area (Å²) in [5.41, 5.74) is 2.26. The van der Waals surface area contributed by atoms with E-state index in [0.29, 0.717) is 16.6 Å². The van der Waals surface area contributed by atoms with Crippen LogP contribution in [0.5, 0.6) is 5.75 Å². The molecule has 188 valence electrons. The molecule has 2 aromatic rings. The Hall–Kier alpha value is -2.96. The van der Waals surface area contributed by atoms with Gasteiger partial charge in [0.15, 0.2) is 0 Å². The molecule has 1 fully saturated rings. The summed E-state index contributed by atoms with van der Waals surface area (Å²) in [6.07, 6.45) is 8.39. The number of rotatable bonds is 7. The fourth-order valence-electron chi connectivity index (χ4n) is 4.91. The molecule has 2 unspecified atom stereocenters. The molecule has 2 aromatic carbocycles. The normalized spacial score (nSPS) is 21.6. The van der Waals surface area contributed by atoms with Crippen molar-refractivity contribution in [2.75, 3.05) is 18.0 Å². The Labute approximate surface area is 222 Å². The maximum absolute atomic E-state index is 13.1. The third kappa shape index (κ3) is 5.55.